The molecule has 142 valence electrons. The molecule has 1 atom stereocenters. The summed E-state index contributed by atoms with van der Waals surface area (Å²) in [6, 6.07) is 12.9. The van der Waals surface area contributed by atoms with Crippen LogP contribution < -0.4 is 5.32 Å². The molecule has 1 amide bonds. The molecule has 4 rings (SSSR count). The van der Waals surface area contributed by atoms with E-state index in [1.165, 1.54) is 0 Å². The summed E-state index contributed by atoms with van der Waals surface area (Å²) >= 11 is 6.17. The number of carbonyl (C=O) groups is 1. The van der Waals surface area contributed by atoms with Crippen molar-refractivity contribution in [1.29, 1.82) is 0 Å². The average molecular weight is 397 g/mol. The van der Waals surface area contributed by atoms with Crippen molar-refractivity contribution in [3.63, 3.8) is 0 Å². The van der Waals surface area contributed by atoms with Gasteiger partial charge in [0.05, 0.1) is 11.7 Å². The van der Waals surface area contributed by atoms with Crippen molar-refractivity contribution in [2.24, 2.45) is 0 Å². The van der Waals surface area contributed by atoms with E-state index in [9.17, 15) is 4.79 Å². The smallest absolute Gasteiger partial charge is 0.412 e. The van der Waals surface area contributed by atoms with Gasteiger partial charge < -0.3 is 9.26 Å². The van der Waals surface area contributed by atoms with Gasteiger partial charge in [0.1, 0.15) is 17.5 Å². The van der Waals surface area contributed by atoms with Crippen LogP contribution in [0.15, 0.2) is 53.2 Å². The minimum atomic E-state index is -0.621. The van der Waals surface area contributed by atoms with E-state index in [-0.39, 0.29) is 0 Å². The highest BCUT2D eigenvalue weighted by molar-refractivity contribution is 6.31. The number of benzene rings is 2. The number of nitrogens with zero attached hydrogens (tertiary/aromatic N) is 2. The van der Waals surface area contributed by atoms with Gasteiger partial charge in [-0.05, 0) is 38.1 Å². The van der Waals surface area contributed by atoms with Crippen LogP contribution in [0.25, 0.3) is 22.2 Å². The van der Waals surface area contributed by atoms with Crippen molar-refractivity contribution in [2.45, 2.75) is 20.0 Å². The maximum absolute atomic E-state index is 12.5. The first kappa shape index (κ1) is 18.1. The maximum atomic E-state index is 12.5. The molecule has 2 aromatic carbocycles. The van der Waals surface area contributed by atoms with E-state index in [1.807, 2.05) is 36.4 Å². The first-order chi connectivity index (χ1) is 13.5. The van der Waals surface area contributed by atoms with Gasteiger partial charge in [-0.15, -0.1) is 0 Å². The van der Waals surface area contributed by atoms with Crippen molar-refractivity contribution < 1.29 is 14.1 Å². The van der Waals surface area contributed by atoms with Gasteiger partial charge in [0.15, 0.2) is 5.76 Å². The number of hydrogen-bond acceptors (Lipinski definition) is 5. The van der Waals surface area contributed by atoms with Crippen LogP contribution in [-0.4, -0.2) is 21.4 Å². The van der Waals surface area contributed by atoms with Crippen LogP contribution in [0.2, 0.25) is 5.02 Å². The Morgan fingerprint density at radius 3 is 2.93 bits per heavy atom. The Kier molecular flexibility index (Phi) is 4.75. The average Bonchev–Trinajstić information content (AvgIpc) is 3.28. The van der Waals surface area contributed by atoms with E-state index < -0.39 is 12.2 Å². The zero-order valence-corrected chi connectivity index (χ0v) is 15.9. The Labute approximate surface area is 165 Å². The van der Waals surface area contributed by atoms with E-state index in [4.69, 9.17) is 20.9 Å². The van der Waals surface area contributed by atoms with Crippen molar-refractivity contribution in [3.05, 3.63) is 64.9 Å². The van der Waals surface area contributed by atoms with E-state index >= 15 is 0 Å². The molecule has 2 aromatic heterocycles. The Bertz CT molecular complexity index is 1150. The fraction of sp³-hybridized carbons (Fsp3) is 0.150. The number of aromatic nitrogens is 3. The SMILES string of the molecule is Cc1noc(-c2ccc3[nH]ncc3c2)c1NC(=O)OC(C)c1ccccc1Cl. The maximum Gasteiger partial charge on any atom is 0.412 e. The Morgan fingerprint density at radius 1 is 1.29 bits per heavy atom. The highest BCUT2D eigenvalue weighted by Crippen LogP contribution is 2.33. The number of amides is 1. The highest BCUT2D eigenvalue weighted by Gasteiger charge is 2.20. The second kappa shape index (κ2) is 7.36. The number of aryl methyl sites for hydroxylation is 1. The van der Waals surface area contributed by atoms with Crippen LogP contribution in [-0.2, 0) is 4.74 Å². The summed E-state index contributed by atoms with van der Waals surface area (Å²) in [6.45, 7) is 3.51. The van der Waals surface area contributed by atoms with E-state index in [0.29, 0.717) is 22.2 Å². The van der Waals surface area contributed by atoms with Crippen LogP contribution in [0.1, 0.15) is 24.3 Å². The summed E-state index contributed by atoms with van der Waals surface area (Å²) in [5, 5.41) is 15.1. The molecule has 2 heterocycles. The Balaban J connectivity index is 1.56. The van der Waals surface area contributed by atoms with Gasteiger partial charge in [0.25, 0.3) is 0 Å². The normalized spacial score (nSPS) is 12.1. The Hall–Kier alpha value is -3.32. The molecule has 0 radical (unpaired) electrons. The molecular formula is C20H17ClN4O3. The molecule has 1 unspecified atom stereocenters. The second-order valence-electron chi connectivity index (χ2n) is 6.34. The fourth-order valence-electron chi connectivity index (χ4n) is 2.96. The molecule has 8 heteroatoms. The number of fused-ring (bicyclic) bond motifs is 1. The molecule has 2 N–H and O–H groups in total. The van der Waals surface area contributed by atoms with Gasteiger partial charge in [0.2, 0.25) is 0 Å². The molecule has 0 saturated heterocycles. The van der Waals surface area contributed by atoms with Crippen molar-refractivity contribution in [1.82, 2.24) is 15.4 Å². The van der Waals surface area contributed by atoms with Gasteiger partial charge in [-0.3, -0.25) is 10.4 Å². The third-order valence-corrected chi connectivity index (χ3v) is 4.76. The van der Waals surface area contributed by atoms with Crippen LogP contribution >= 0.6 is 11.6 Å². The molecule has 0 aliphatic carbocycles. The van der Waals surface area contributed by atoms with Crippen molar-refractivity contribution >= 4 is 34.3 Å². The number of rotatable bonds is 4. The van der Waals surface area contributed by atoms with Gasteiger partial charge in [-0.25, -0.2) is 4.79 Å². The van der Waals surface area contributed by atoms with Gasteiger partial charge in [-0.2, -0.15) is 5.10 Å². The first-order valence-corrected chi connectivity index (χ1v) is 9.02. The van der Waals surface area contributed by atoms with Crippen LogP contribution in [0.3, 0.4) is 0 Å². The Morgan fingerprint density at radius 2 is 2.11 bits per heavy atom. The molecule has 0 aliphatic heterocycles. The fourth-order valence-corrected chi connectivity index (χ4v) is 3.25. The van der Waals surface area contributed by atoms with E-state index in [2.05, 4.69) is 20.7 Å². The lowest BCUT2D eigenvalue weighted by atomic mass is 10.1. The number of aromatic amines is 1. The molecule has 0 aliphatic rings. The lowest BCUT2D eigenvalue weighted by molar-refractivity contribution is 0.121. The molecule has 28 heavy (non-hydrogen) atoms. The lowest BCUT2D eigenvalue weighted by Crippen LogP contribution is -2.17. The molecule has 4 aromatic rings. The van der Waals surface area contributed by atoms with Crippen LogP contribution in [0, 0.1) is 6.92 Å². The number of hydrogen-bond donors (Lipinski definition) is 2. The molecule has 0 bridgehead atoms. The van der Waals surface area contributed by atoms with Gasteiger partial charge >= 0.3 is 6.09 Å². The minimum absolute atomic E-state index is 0.447. The van der Waals surface area contributed by atoms with Gasteiger partial charge in [-0.1, -0.05) is 35.0 Å². The third kappa shape index (κ3) is 3.44. The molecule has 0 spiro atoms. The summed E-state index contributed by atoms with van der Waals surface area (Å²) in [7, 11) is 0. The second-order valence-corrected chi connectivity index (χ2v) is 6.75. The quantitative estimate of drug-likeness (QED) is 0.475. The van der Waals surface area contributed by atoms with E-state index in [0.717, 1.165) is 22.0 Å². The molecule has 7 nitrogen and oxygen atoms in total. The van der Waals surface area contributed by atoms with Gasteiger partial charge in [0, 0.05) is 21.5 Å². The topological polar surface area (TPSA) is 93.0 Å². The monoisotopic (exact) mass is 396 g/mol. The molecule has 0 saturated carbocycles. The minimum Gasteiger partial charge on any atom is -0.441 e. The number of carbonyl (C=O) groups excluding carboxylic acids is 1. The van der Waals surface area contributed by atoms with Crippen LogP contribution in [0.4, 0.5) is 10.5 Å². The number of ether oxygens (including phenoxy) is 1. The third-order valence-electron chi connectivity index (χ3n) is 4.42. The summed E-state index contributed by atoms with van der Waals surface area (Å²) in [4.78, 5) is 12.5. The summed E-state index contributed by atoms with van der Waals surface area (Å²) in [5.74, 6) is 0.447. The summed E-state index contributed by atoms with van der Waals surface area (Å²) in [5.41, 5.74) is 3.40. The van der Waals surface area contributed by atoms with Crippen molar-refractivity contribution in [2.75, 3.05) is 5.32 Å². The zero-order chi connectivity index (χ0) is 19.7. The van der Waals surface area contributed by atoms with Crippen molar-refractivity contribution in [3.8, 4) is 11.3 Å². The molecular weight excluding hydrogens is 380 g/mol. The highest BCUT2D eigenvalue weighted by atomic mass is 35.5. The zero-order valence-electron chi connectivity index (χ0n) is 15.2. The predicted molar refractivity (Wildman–Crippen MR) is 106 cm³/mol. The number of anilines is 1. The number of H-pyrrole nitrogens is 1. The standard InChI is InChI=1S/C20H17ClN4O3/c1-11-18(23-20(26)27-12(2)15-5-3-4-6-16(15)21)19(28-25-11)13-7-8-17-14(9-13)10-22-24-17/h3-10,12H,1-2H3,(H,22,24)(H,23,26). The van der Waals surface area contributed by atoms with E-state index in [1.54, 1.807) is 26.1 Å². The summed E-state index contributed by atoms with van der Waals surface area (Å²) < 4.78 is 10.9. The predicted octanol–water partition coefficient (Wildman–Crippen LogP) is 5.49. The molecule has 0 fully saturated rings. The first-order valence-electron chi connectivity index (χ1n) is 8.65. The number of nitrogens with one attached hydrogen (secondary N) is 2. The van der Waals surface area contributed by atoms with Crippen LogP contribution in [0.5, 0.6) is 0 Å². The summed E-state index contributed by atoms with van der Waals surface area (Å²) in [6.07, 6.45) is 0.582. The largest absolute Gasteiger partial charge is 0.441 e. The number of halogens is 1. The lowest BCUT2D eigenvalue weighted by Gasteiger charge is -2.15.